The number of thioether (sulfide) groups is 1. The van der Waals surface area contributed by atoms with E-state index >= 15 is 0 Å². The molecule has 23 heavy (non-hydrogen) atoms. The summed E-state index contributed by atoms with van der Waals surface area (Å²) in [6, 6.07) is 15.4. The van der Waals surface area contributed by atoms with Gasteiger partial charge >= 0.3 is 0 Å². The molecule has 0 aromatic heterocycles. The van der Waals surface area contributed by atoms with Crippen molar-refractivity contribution >= 4 is 29.1 Å². The van der Waals surface area contributed by atoms with Gasteiger partial charge in [-0.25, -0.2) is 0 Å². The third kappa shape index (κ3) is 5.57. The van der Waals surface area contributed by atoms with Gasteiger partial charge in [-0.2, -0.15) is 0 Å². The van der Waals surface area contributed by atoms with E-state index in [-0.39, 0.29) is 11.7 Å². The minimum Gasteiger partial charge on any atom is -0.325 e. The lowest BCUT2D eigenvalue weighted by Crippen LogP contribution is -2.13. The SMILES string of the molecule is CC(=O)c1ccccc1NC(=O)CCCSc1cccc(C)c1. The van der Waals surface area contributed by atoms with Crippen LogP contribution in [0.15, 0.2) is 53.4 Å². The first kappa shape index (κ1) is 17.3. The standard InChI is InChI=1S/C19H21NO2S/c1-14-7-5-8-16(13-14)23-12-6-11-19(22)20-18-10-4-3-9-17(18)15(2)21/h3-5,7-10,13H,6,11-12H2,1-2H3,(H,20,22). The summed E-state index contributed by atoms with van der Waals surface area (Å²) >= 11 is 1.76. The molecule has 0 bridgehead atoms. The summed E-state index contributed by atoms with van der Waals surface area (Å²) in [5.41, 5.74) is 2.39. The van der Waals surface area contributed by atoms with Crippen LogP contribution >= 0.6 is 11.8 Å². The van der Waals surface area contributed by atoms with Crippen molar-refractivity contribution in [2.75, 3.05) is 11.1 Å². The average molecular weight is 327 g/mol. The fourth-order valence-electron chi connectivity index (χ4n) is 2.24. The maximum absolute atomic E-state index is 12.0. The average Bonchev–Trinajstić information content (AvgIpc) is 2.52. The Kier molecular flexibility index (Phi) is 6.41. The monoisotopic (exact) mass is 327 g/mol. The van der Waals surface area contributed by atoms with Crippen LogP contribution in [0.3, 0.4) is 0 Å². The number of amides is 1. The van der Waals surface area contributed by atoms with Crippen molar-refractivity contribution < 1.29 is 9.59 Å². The highest BCUT2D eigenvalue weighted by Crippen LogP contribution is 2.21. The van der Waals surface area contributed by atoms with Gasteiger partial charge in [-0.05, 0) is 50.3 Å². The molecule has 0 atom stereocenters. The summed E-state index contributed by atoms with van der Waals surface area (Å²) in [6.07, 6.45) is 1.25. The summed E-state index contributed by atoms with van der Waals surface area (Å²) < 4.78 is 0. The van der Waals surface area contributed by atoms with Crippen LogP contribution in [0.1, 0.15) is 35.7 Å². The first-order valence-corrected chi connectivity index (χ1v) is 8.64. The molecule has 3 nitrogen and oxygen atoms in total. The van der Waals surface area contributed by atoms with Crippen molar-refractivity contribution in [3.05, 3.63) is 59.7 Å². The summed E-state index contributed by atoms with van der Waals surface area (Å²) in [4.78, 5) is 24.8. The lowest BCUT2D eigenvalue weighted by atomic mass is 10.1. The first-order valence-electron chi connectivity index (χ1n) is 7.65. The van der Waals surface area contributed by atoms with E-state index in [0.29, 0.717) is 17.7 Å². The van der Waals surface area contributed by atoms with Crippen molar-refractivity contribution in [3.8, 4) is 0 Å². The number of hydrogen-bond donors (Lipinski definition) is 1. The molecule has 2 rings (SSSR count). The molecule has 1 amide bonds. The van der Waals surface area contributed by atoms with Gasteiger partial charge in [0.2, 0.25) is 5.91 Å². The van der Waals surface area contributed by atoms with E-state index in [2.05, 4.69) is 30.4 Å². The molecule has 0 spiro atoms. The number of nitrogens with one attached hydrogen (secondary N) is 1. The molecule has 0 aliphatic heterocycles. The van der Waals surface area contributed by atoms with Crippen LogP contribution in [0, 0.1) is 6.92 Å². The second-order valence-electron chi connectivity index (χ2n) is 5.42. The quantitative estimate of drug-likeness (QED) is 0.455. The smallest absolute Gasteiger partial charge is 0.224 e. The molecule has 0 aliphatic rings. The Morgan fingerprint density at radius 2 is 1.87 bits per heavy atom. The van der Waals surface area contributed by atoms with Crippen molar-refractivity contribution in [1.29, 1.82) is 0 Å². The third-order valence-corrected chi connectivity index (χ3v) is 4.47. The molecule has 1 N–H and O–H groups in total. The van der Waals surface area contributed by atoms with Crippen LogP contribution in [0.2, 0.25) is 0 Å². The maximum Gasteiger partial charge on any atom is 0.224 e. The molecule has 120 valence electrons. The second kappa shape index (κ2) is 8.53. The number of carbonyl (C=O) groups excluding carboxylic acids is 2. The van der Waals surface area contributed by atoms with Gasteiger partial charge in [-0.15, -0.1) is 11.8 Å². The Labute approximate surface area is 141 Å². The Bertz CT molecular complexity index is 697. The van der Waals surface area contributed by atoms with Crippen LogP contribution in [-0.4, -0.2) is 17.4 Å². The lowest BCUT2D eigenvalue weighted by molar-refractivity contribution is -0.116. The normalized spacial score (nSPS) is 10.3. The molecule has 0 saturated carbocycles. The second-order valence-corrected chi connectivity index (χ2v) is 6.59. The predicted octanol–water partition coefficient (Wildman–Crippen LogP) is 4.71. The zero-order valence-electron chi connectivity index (χ0n) is 13.5. The number of ketones is 1. The van der Waals surface area contributed by atoms with Gasteiger partial charge in [0.15, 0.2) is 5.78 Å². The van der Waals surface area contributed by atoms with E-state index in [1.54, 1.807) is 30.0 Å². The minimum atomic E-state index is -0.0523. The summed E-state index contributed by atoms with van der Waals surface area (Å²) in [7, 11) is 0. The zero-order chi connectivity index (χ0) is 16.7. The lowest BCUT2D eigenvalue weighted by Gasteiger charge is -2.09. The molecule has 4 heteroatoms. The number of anilines is 1. The van der Waals surface area contributed by atoms with E-state index in [9.17, 15) is 9.59 Å². The van der Waals surface area contributed by atoms with Gasteiger partial charge in [-0.1, -0.05) is 29.8 Å². The van der Waals surface area contributed by atoms with E-state index in [1.807, 2.05) is 12.1 Å². The topological polar surface area (TPSA) is 46.2 Å². The van der Waals surface area contributed by atoms with Gasteiger partial charge in [0, 0.05) is 16.9 Å². The summed E-state index contributed by atoms with van der Waals surface area (Å²) in [6.45, 7) is 3.58. The maximum atomic E-state index is 12.0. The molecule has 0 saturated heterocycles. The number of aryl methyl sites for hydroxylation is 1. The van der Waals surface area contributed by atoms with Gasteiger partial charge in [0.25, 0.3) is 0 Å². The van der Waals surface area contributed by atoms with Crippen molar-refractivity contribution in [1.82, 2.24) is 0 Å². The summed E-state index contributed by atoms with van der Waals surface area (Å²) in [5, 5.41) is 2.83. The largest absolute Gasteiger partial charge is 0.325 e. The fourth-order valence-corrected chi connectivity index (χ4v) is 3.21. The number of carbonyl (C=O) groups is 2. The van der Waals surface area contributed by atoms with Crippen LogP contribution in [0.25, 0.3) is 0 Å². The minimum absolute atomic E-state index is 0.0455. The van der Waals surface area contributed by atoms with Crippen LogP contribution in [-0.2, 0) is 4.79 Å². The molecule has 0 unspecified atom stereocenters. The third-order valence-electron chi connectivity index (χ3n) is 3.39. The Balaban J connectivity index is 1.79. The highest BCUT2D eigenvalue weighted by atomic mass is 32.2. The van der Waals surface area contributed by atoms with Crippen molar-refractivity contribution in [2.24, 2.45) is 0 Å². The number of benzene rings is 2. The van der Waals surface area contributed by atoms with Crippen LogP contribution in [0.4, 0.5) is 5.69 Å². The molecule has 2 aromatic rings. The number of para-hydroxylation sites is 1. The molecule has 0 heterocycles. The summed E-state index contributed by atoms with van der Waals surface area (Å²) in [5.74, 6) is 0.796. The Hall–Kier alpha value is -2.07. The van der Waals surface area contributed by atoms with Crippen LogP contribution < -0.4 is 5.32 Å². The van der Waals surface area contributed by atoms with Gasteiger partial charge in [0.05, 0.1) is 5.69 Å². The molecular weight excluding hydrogens is 306 g/mol. The van der Waals surface area contributed by atoms with E-state index in [4.69, 9.17) is 0 Å². The van der Waals surface area contributed by atoms with E-state index in [0.717, 1.165) is 12.2 Å². The molecule has 0 aliphatic carbocycles. The fraction of sp³-hybridized carbons (Fsp3) is 0.263. The number of Topliss-reactive ketones (excluding diaryl/α,β-unsaturated/α-hetero) is 1. The highest BCUT2D eigenvalue weighted by Gasteiger charge is 2.09. The van der Waals surface area contributed by atoms with Gasteiger partial charge < -0.3 is 5.32 Å². The van der Waals surface area contributed by atoms with Crippen molar-refractivity contribution in [3.63, 3.8) is 0 Å². The van der Waals surface area contributed by atoms with Gasteiger partial charge in [-0.3, -0.25) is 9.59 Å². The number of hydrogen-bond acceptors (Lipinski definition) is 3. The number of rotatable bonds is 7. The van der Waals surface area contributed by atoms with E-state index < -0.39 is 0 Å². The highest BCUT2D eigenvalue weighted by molar-refractivity contribution is 7.99. The van der Waals surface area contributed by atoms with Gasteiger partial charge in [0.1, 0.15) is 0 Å². The molecule has 0 radical (unpaired) electrons. The Morgan fingerprint density at radius 1 is 1.09 bits per heavy atom. The van der Waals surface area contributed by atoms with Crippen LogP contribution in [0.5, 0.6) is 0 Å². The predicted molar refractivity (Wildman–Crippen MR) is 96.2 cm³/mol. The van der Waals surface area contributed by atoms with Crippen molar-refractivity contribution in [2.45, 2.75) is 31.6 Å². The molecular formula is C19H21NO2S. The Morgan fingerprint density at radius 3 is 2.61 bits per heavy atom. The first-order chi connectivity index (χ1) is 11.1. The molecule has 0 fully saturated rings. The van der Waals surface area contributed by atoms with E-state index in [1.165, 1.54) is 17.4 Å². The molecule has 2 aromatic carbocycles. The zero-order valence-corrected chi connectivity index (χ0v) is 14.3.